The summed E-state index contributed by atoms with van der Waals surface area (Å²) in [7, 11) is 0. The fraction of sp³-hybridized carbons (Fsp3) is 0.292. The van der Waals surface area contributed by atoms with Gasteiger partial charge in [-0.2, -0.15) is 0 Å². The third-order valence-electron chi connectivity index (χ3n) is 6.01. The van der Waals surface area contributed by atoms with Crippen molar-refractivity contribution in [2.45, 2.75) is 19.9 Å². The Balaban J connectivity index is 1.49. The first-order chi connectivity index (χ1) is 14.1. The van der Waals surface area contributed by atoms with Crippen molar-refractivity contribution < 1.29 is 14.6 Å². The second-order valence-electron chi connectivity index (χ2n) is 7.93. The number of nitrogens with one attached hydrogen (secondary N) is 1. The SMILES string of the molecule is CC1=C(/C=C2\Oc3c(ccc(O)c3CN3CCNCC3)C2=O)c2ccccc2C1. The number of aromatic hydroxyl groups is 1. The predicted molar refractivity (Wildman–Crippen MR) is 112 cm³/mol. The Morgan fingerprint density at radius 1 is 1.14 bits per heavy atom. The van der Waals surface area contributed by atoms with Crippen molar-refractivity contribution in [1.82, 2.24) is 10.2 Å². The van der Waals surface area contributed by atoms with Gasteiger partial charge in [-0.3, -0.25) is 9.69 Å². The maximum absolute atomic E-state index is 13.0. The Morgan fingerprint density at radius 3 is 2.76 bits per heavy atom. The fourth-order valence-electron chi connectivity index (χ4n) is 4.42. The standard InChI is InChI=1S/C24H24N2O3/c1-15-12-16-4-2-3-5-17(16)19(15)13-22-23(28)18-6-7-21(27)20(24(18)29-22)14-26-10-8-25-9-11-26/h2-7,13,25,27H,8-12,14H2,1H3/b22-13-. The number of fused-ring (bicyclic) bond motifs is 2. The summed E-state index contributed by atoms with van der Waals surface area (Å²) < 4.78 is 6.07. The average Bonchev–Trinajstić information content (AvgIpc) is 3.22. The maximum atomic E-state index is 13.0. The molecule has 0 unspecified atom stereocenters. The van der Waals surface area contributed by atoms with E-state index in [1.54, 1.807) is 12.1 Å². The monoisotopic (exact) mass is 388 g/mol. The number of benzene rings is 2. The molecule has 2 aliphatic heterocycles. The second kappa shape index (κ2) is 7.17. The molecule has 0 spiro atoms. The number of phenolic OH excluding ortho intramolecular Hbond substituents is 1. The molecule has 1 saturated heterocycles. The highest BCUT2D eigenvalue weighted by molar-refractivity contribution is 6.14. The molecule has 0 saturated carbocycles. The summed E-state index contributed by atoms with van der Waals surface area (Å²) in [6.45, 7) is 6.33. The summed E-state index contributed by atoms with van der Waals surface area (Å²) in [6.07, 6.45) is 2.76. The smallest absolute Gasteiger partial charge is 0.231 e. The third-order valence-corrected chi connectivity index (χ3v) is 6.01. The number of ether oxygens (including phenoxy) is 1. The van der Waals surface area contributed by atoms with Gasteiger partial charge in [0.1, 0.15) is 11.5 Å². The maximum Gasteiger partial charge on any atom is 0.231 e. The van der Waals surface area contributed by atoms with E-state index in [-0.39, 0.29) is 11.5 Å². The van der Waals surface area contributed by atoms with Crippen LogP contribution < -0.4 is 10.1 Å². The first-order valence-electron chi connectivity index (χ1n) is 10.1. The van der Waals surface area contributed by atoms with Crippen LogP contribution in [0.5, 0.6) is 11.5 Å². The summed E-state index contributed by atoms with van der Waals surface area (Å²) in [6, 6.07) is 11.5. The molecule has 2 aromatic rings. The van der Waals surface area contributed by atoms with Crippen LogP contribution in [0.25, 0.3) is 5.57 Å². The number of phenols is 1. The highest BCUT2D eigenvalue weighted by Gasteiger charge is 2.32. The topological polar surface area (TPSA) is 61.8 Å². The molecule has 0 aromatic heterocycles. The van der Waals surface area contributed by atoms with Crippen LogP contribution in [0.15, 0.2) is 53.8 Å². The van der Waals surface area contributed by atoms with Crippen molar-refractivity contribution >= 4 is 11.4 Å². The van der Waals surface area contributed by atoms with E-state index in [0.29, 0.717) is 29.2 Å². The van der Waals surface area contributed by atoms with E-state index in [1.807, 2.05) is 18.2 Å². The van der Waals surface area contributed by atoms with E-state index >= 15 is 0 Å². The van der Waals surface area contributed by atoms with Gasteiger partial charge in [-0.1, -0.05) is 29.8 Å². The van der Waals surface area contributed by atoms with E-state index < -0.39 is 0 Å². The zero-order chi connectivity index (χ0) is 20.0. The second-order valence-corrected chi connectivity index (χ2v) is 7.93. The molecule has 5 heteroatoms. The van der Waals surface area contributed by atoms with Gasteiger partial charge in [0.2, 0.25) is 5.78 Å². The fourth-order valence-corrected chi connectivity index (χ4v) is 4.42. The van der Waals surface area contributed by atoms with Crippen LogP contribution >= 0.6 is 0 Å². The molecule has 3 aliphatic rings. The Labute approximate surface area is 170 Å². The van der Waals surface area contributed by atoms with E-state index in [1.165, 1.54) is 11.1 Å². The van der Waals surface area contributed by atoms with Gasteiger partial charge in [0.25, 0.3) is 0 Å². The molecule has 1 fully saturated rings. The minimum absolute atomic E-state index is 0.119. The highest BCUT2D eigenvalue weighted by Crippen LogP contribution is 2.41. The van der Waals surface area contributed by atoms with Crippen LogP contribution in [-0.4, -0.2) is 42.0 Å². The van der Waals surface area contributed by atoms with E-state index in [0.717, 1.165) is 43.7 Å². The zero-order valence-electron chi connectivity index (χ0n) is 16.5. The number of carbonyl (C=O) groups excluding carboxylic acids is 1. The molecule has 0 bridgehead atoms. The number of ketones is 1. The van der Waals surface area contributed by atoms with Crippen LogP contribution in [0.1, 0.15) is 34.0 Å². The molecule has 29 heavy (non-hydrogen) atoms. The van der Waals surface area contributed by atoms with Crippen molar-refractivity contribution in [3.05, 3.63) is 76.1 Å². The molecule has 0 amide bonds. The first-order valence-corrected chi connectivity index (χ1v) is 10.1. The van der Waals surface area contributed by atoms with Crippen molar-refractivity contribution in [3.63, 3.8) is 0 Å². The largest absolute Gasteiger partial charge is 0.507 e. The van der Waals surface area contributed by atoms with Crippen LogP contribution in [0.4, 0.5) is 0 Å². The van der Waals surface area contributed by atoms with Crippen LogP contribution in [0, 0.1) is 0 Å². The van der Waals surface area contributed by atoms with Gasteiger partial charge in [0.05, 0.1) is 11.1 Å². The summed E-state index contributed by atoms with van der Waals surface area (Å²) >= 11 is 0. The van der Waals surface area contributed by atoms with Crippen molar-refractivity contribution in [2.24, 2.45) is 0 Å². The Kier molecular flexibility index (Phi) is 4.49. The molecule has 1 aliphatic carbocycles. The van der Waals surface area contributed by atoms with Crippen LogP contribution in [0.3, 0.4) is 0 Å². The van der Waals surface area contributed by atoms with Gasteiger partial charge in [-0.05, 0) is 48.3 Å². The molecule has 5 nitrogen and oxygen atoms in total. The minimum atomic E-state index is -0.119. The van der Waals surface area contributed by atoms with E-state index in [2.05, 4.69) is 29.3 Å². The van der Waals surface area contributed by atoms with Gasteiger partial charge in [-0.25, -0.2) is 0 Å². The van der Waals surface area contributed by atoms with Crippen molar-refractivity contribution in [3.8, 4) is 11.5 Å². The van der Waals surface area contributed by atoms with E-state index in [4.69, 9.17) is 4.74 Å². The van der Waals surface area contributed by atoms with Gasteiger partial charge in [0.15, 0.2) is 5.76 Å². The molecule has 2 aromatic carbocycles. The summed E-state index contributed by atoms with van der Waals surface area (Å²) in [5.74, 6) is 0.895. The number of carbonyl (C=O) groups is 1. The van der Waals surface area contributed by atoms with Gasteiger partial charge in [0, 0.05) is 32.7 Å². The summed E-state index contributed by atoms with van der Waals surface area (Å²) in [5, 5.41) is 13.8. The minimum Gasteiger partial charge on any atom is -0.507 e. The number of rotatable bonds is 3. The Bertz CT molecular complexity index is 1060. The van der Waals surface area contributed by atoms with Crippen LogP contribution in [-0.2, 0) is 13.0 Å². The number of hydrogen-bond acceptors (Lipinski definition) is 5. The lowest BCUT2D eigenvalue weighted by atomic mass is 10.0. The number of allylic oxidation sites excluding steroid dienone is 4. The number of piperazine rings is 1. The quantitative estimate of drug-likeness (QED) is 0.790. The molecule has 2 heterocycles. The summed E-state index contributed by atoms with van der Waals surface area (Å²) in [4.78, 5) is 15.3. The first kappa shape index (κ1) is 18.2. The Morgan fingerprint density at radius 2 is 1.93 bits per heavy atom. The molecule has 0 radical (unpaired) electrons. The average molecular weight is 388 g/mol. The number of nitrogens with zero attached hydrogens (tertiary/aromatic N) is 1. The normalized spacial score (nSPS) is 20.2. The van der Waals surface area contributed by atoms with Gasteiger partial charge >= 0.3 is 0 Å². The third kappa shape index (κ3) is 3.16. The molecule has 5 rings (SSSR count). The molecule has 2 N–H and O–H groups in total. The zero-order valence-corrected chi connectivity index (χ0v) is 16.5. The van der Waals surface area contributed by atoms with Gasteiger partial charge in [-0.15, -0.1) is 0 Å². The molecule has 148 valence electrons. The highest BCUT2D eigenvalue weighted by atomic mass is 16.5. The molecular weight excluding hydrogens is 364 g/mol. The lowest BCUT2D eigenvalue weighted by molar-refractivity contribution is 0.101. The lowest BCUT2D eigenvalue weighted by Crippen LogP contribution is -2.42. The van der Waals surface area contributed by atoms with Crippen LogP contribution in [0.2, 0.25) is 0 Å². The number of hydrogen-bond donors (Lipinski definition) is 2. The van der Waals surface area contributed by atoms with E-state index in [9.17, 15) is 9.90 Å². The predicted octanol–water partition coefficient (Wildman–Crippen LogP) is 3.29. The number of Topliss-reactive ketones (excluding diaryl/α,β-unsaturated/α-hetero) is 1. The Hall–Kier alpha value is -2.89. The van der Waals surface area contributed by atoms with Crippen molar-refractivity contribution in [1.29, 1.82) is 0 Å². The lowest BCUT2D eigenvalue weighted by Gasteiger charge is -2.27. The summed E-state index contributed by atoms with van der Waals surface area (Å²) in [5.41, 5.74) is 5.95. The van der Waals surface area contributed by atoms with Crippen molar-refractivity contribution in [2.75, 3.05) is 26.2 Å². The van der Waals surface area contributed by atoms with Gasteiger partial charge < -0.3 is 15.2 Å². The molecular formula is C24H24N2O3. The molecule has 0 atom stereocenters.